The predicted octanol–water partition coefficient (Wildman–Crippen LogP) is 1.82. The summed E-state index contributed by atoms with van der Waals surface area (Å²) >= 11 is 0. The first kappa shape index (κ1) is 17.2. The summed E-state index contributed by atoms with van der Waals surface area (Å²) in [5, 5.41) is 2.83. The van der Waals surface area contributed by atoms with Crippen LogP contribution in [0.2, 0.25) is 0 Å². The second kappa shape index (κ2) is 7.27. The number of hydrogen-bond donors (Lipinski definition) is 2. The maximum absolute atomic E-state index is 11.7. The number of alkyl carbamates (subject to hydrolysis) is 1. The number of piperidine rings is 1. The van der Waals surface area contributed by atoms with E-state index in [9.17, 15) is 4.79 Å². The lowest BCUT2D eigenvalue weighted by atomic mass is 9.88. The van der Waals surface area contributed by atoms with Gasteiger partial charge >= 0.3 is 6.09 Å². The molecule has 3 atom stereocenters. The van der Waals surface area contributed by atoms with Crippen molar-refractivity contribution in [3.05, 3.63) is 0 Å². The molecule has 5 nitrogen and oxygen atoms in total. The van der Waals surface area contributed by atoms with E-state index in [1.54, 1.807) is 0 Å². The van der Waals surface area contributed by atoms with Crippen molar-refractivity contribution in [2.75, 3.05) is 26.2 Å². The number of nitrogens with two attached hydrogens (primary N) is 1. The van der Waals surface area contributed by atoms with Crippen LogP contribution in [0.25, 0.3) is 0 Å². The summed E-state index contributed by atoms with van der Waals surface area (Å²) in [6, 6.07) is 0.192. The molecule has 0 saturated carbocycles. The van der Waals surface area contributed by atoms with Crippen LogP contribution in [-0.4, -0.2) is 48.8 Å². The summed E-state index contributed by atoms with van der Waals surface area (Å²) in [6.45, 7) is 13.4. The number of ether oxygens (including phenoxy) is 1. The van der Waals surface area contributed by atoms with Gasteiger partial charge in [-0.3, -0.25) is 4.90 Å². The van der Waals surface area contributed by atoms with E-state index in [1.165, 1.54) is 6.42 Å². The average Bonchev–Trinajstić information content (AvgIpc) is 2.32. The van der Waals surface area contributed by atoms with E-state index in [4.69, 9.17) is 10.5 Å². The summed E-state index contributed by atoms with van der Waals surface area (Å²) in [5.41, 5.74) is 5.40. The van der Waals surface area contributed by atoms with Gasteiger partial charge in [0.1, 0.15) is 5.60 Å². The summed E-state index contributed by atoms with van der Waals surface area (Å²) in [6.07, 6.45) is 0.832. The van der Waals surface area contributed by atoms with E-state index in [0.717, 1.165) is 19.0 Å². The normalized spacial score (nSPS) is 26.1. The van der Waals surface area contributed by atoms with E-state index >= 15 is 0 Å². The first-order chi connectivity index (χ1) is 9.23. The third-order valence-corrected chi connectivity index (χ3v) is 4.03. The molecule has 1 aliphatic heterocycles. The minimum Gasteiger partial charge on any atom is -0.444 e. The van der Waals surface area contributed by atoms with Crippen LogP contribution in [0.5, 0.6) is 0 Å². The third-order valence-electron chi connectivity index (χ3n) is 4.03. The Morgan fingerprint density at radius 1 is 1.40 bits per heavy atom. The Morgan fingerprint density at radius 2 is 2.05 bits per heavy atom. The molecule has 0 radical (unpaired) electrons. The smallest absolute Gasteiger partial charge is 0.407 e. The quantitative estimate of drug-likeness (QED) is 0.827. The van der Waals surface area contributed by atoms with Crippen molar-refractivity contribution in [3.8, 4) is 0 Å². The van der Waals surface area contributed by atoms with Crippen LogP contribution in [-0.2, 0) is 4.74 Å². The number of likely N-dealkylation sites (tertiary alicyclic amines) is 1. The Labute approximate surface area is 123 Å². The molecule has 1 heterocycles. The summed E-state index contributed by atoms with van der Waals surface area (Å²) in [4.78, 5) is 14.1. The van der Waals surface area contributed by atoms with E-state index in [0.29, 0.717) is 19.0 Å². The van der Waals surface area contributed by atoms with Gasteiger partial charge in [0.2, 0.25) is 0 Å². The van der Waals surface area contributed by atoms with Gasteiger partial charge in [-0.2, -0.15) is 0 Å². The average molecular weight is 285 g/mol. The molecule has 0 bridgehead atoms. The zero-order valence-electron chi connectivity index (χ0n) is 13.6. The topological polar surface area (TPSA) is 67.6 Å². The van der Waals surface area contributed by atoms with Crippen molar-refractivity contribution in [1.29, 1.82) is 0 Å². The highest BCUT2D eigenvalue weighted by molar-refractivity contribution is 5.67. The first-order valence-corrected chi connectivity index (χ1v) is 7.64. The fourth-order valence-electron chi connectivity index (χ4n) is 2.50. The second-order valence-corrected chi connectivity index (χ2v) is 7.01. The Balaban J connectivity index is 2.41. The number of rotatable bonds is 4. The van der Waals surface area contributed by atoms with Gasteiger partial charge in [-0.05, 0) is 45.6 Å². The van der Waals surface area contributed by atoms with Crippen molar-refractivity contribution >= 4 is 6.09 Å². The van der Waals surface area contributed by atoms with Crippen molar-refractivity contribution < 1.29 is 9.53 Å². The van der Waals surface area contributed by atoms with Crippen LogP contribution < -0.4 is 11.1 Å². The molecule has 0 aliphatic carbocycles. The van der Waals surface area contributed by atoms with Crippen LogP contribution in [0.1, 0.15) is 41.0 Å². The fourth-order valence-corrected chi connectivity index (χ4v) is 2.50. The van der Waals surface area contributed by atoms with Crippen LogP contribution in [0.3, 0.4) is 0 Å². The van der Waals surface area contributed by atoms with Gasteiger partial charge in [0, 0.05) is 25.7 Å². The number of nitrogens with zero attached hydrogens (tertiary/aromatic N) is 1. The van der Waals surface area contributed by atoms with Crippen LogP contribution >= 0.6 is 0 Å². The molecule has 3 unspecified atom stereocenters. The monoisotopic (exact) mass is 285 g/mol. The van der Waals surface area contributed by atoms with Crippen molar-refractivity contribution in [2.45, 2.75) is 52.7 Å². The molecule has 1 aliphatic rings. The fraction of sp³-hybridized carbons (Fsp3) is 0.933. The second-order valence-electron chi connectivity index (χ2n) is 7.01. The van der Waals surface area contributed by atoms with Gasteiger partial charge in [-0.15, -0.1) is 0 Å². The Hall–Kier alpha value is -0.810. The molecule has 118 valence electrons. The minimum absolute atomic E-state index is 0.192. The number of carbonyl (C=O) groups excluding carboxylic acids is 1. The van der Waals surface area contributed by atoms with E-state index in [-0.39, 0.29) is 12.1 Å². The molecule has 1 saturated heterocycles. The molecule has 20 heavy (non-hydrogen) atoms. The maximum Gasteiger partial charge on any atom is 0.407 e. The molecule has 1 fully saturated rings. The van der Waals surface area contributed by atoms with Crippen molar-refractivity contribution in [1.82, 2.24) is 10.2 Å². The SMILES string of the molecule is CC1CCN(C(CN)CNC(=O)OC(C)(C)C)CC1C. The standard InChI is InChI=1S/C15H31N3O2/c1-11-6-7-18(10-12(11)2)13(8-16)9-17-14(19)20-15(3,4)5/h11-13H,6-10,16H2,1-5H3,(H,17,19). The molecule has 1 amide bonds. The minimum atomic E-state index is -0.461. The molecule has 3 N–H and O–H groups in total. The van der Waals surface area contributed by atoms with Crippen LogP contribution in [0.15, 0.2) is 0 Å². The number of amides is 1. The van der Waals surface area contributed by atoms with Gasteiger partial charge in [0.15, 0.2) is 0 Å². The van der Waals surface area contributed by atoms with Crippen LogP contribution in [0.4, 0.5) is 4.79 Å². The highest BCUT2D eigenvalue weighted by Crippen LogP contribution is 2.23. The number of hydrogen-bond acceptors (Lipinski definition) is 4. The lowest BCUT2D eigenvalue weighted by Gasteiger charge is -2.39. The predicted molar refractivity (Wildman–Crippen MR) is 81.6 cm³/mol. The summed E-state index contributed by atoms with van der Waals surface area (Å²) in [5.74, 6) is 1.45. The summed E-state index contributed by atoms with van der Waals surface area (Å²) in [7, 11) is 0. The third kappa shape index (κ3) is 5.67. The highest BCUT2D eigenvalue weighted by atomic mass is 16.6. The molecule has 1 rings (SSSR count). The van der Waals surface area contributed by atoms with E-state index in [2.05, 4.69) is 24.1 Å². The molecule has 0 spiro atoms. The maximum atomic E-state index is 11.7. The first-order valence-electron chi connectivity index (χ1n) is 7.64. The van der Waals surface area contributed by atoms with Gasteiger partial charge in [0.25, 0.3) is 0 Å². The van der Waals surface area contributed by atoms with Gasteiger partial charge in [-0.25, -0.2) is 4.79 Å². The highest BCUT2D eigenvalue weighted by Gasteiger charge is 2.27. The zero-order valence-corrected chi connectivity index (χ0v) is 13.6. The Kier molecular flexibility index (Phi) is 6.27. The van der Waals surface area contributed by atoms with Gasteiger partial charge < -0.3 is 15.8 Å². The van der Waals surface area contributed by atoms with Gasteiger partial charge in [-0.1, -0.05) is 13.8 Å². The molecule has 0 aromatic rings. The Morgan fingerprint density at radius 3 is 2.55 bits per heavy atom. The van der Waals surface area contributed by atoms with E-state index in [1.807, 2.05) is 20.8 Å². The summed E-state index contributed by atoms with van der Waals surface area (Å²) < 4.78 is 5.25. The molecular formula is C15H31N3O2. The Bertz CT molecular complexity index is 315. The lowest BCUT2D eigenvalue weighted by molar-refractivity contribution is 0.0484. The number of carbonyl (C=O) groups is 1. The van der Waals surface area contributed by atoms with Crippen molar-refractivity contribution in [2.24, 2.45) is 17.6 Å². The van der Waals surface area contributed by atoms with Gasteiger partial charge in [0.05, 0.1) is 0 Å². The van der Waals surface area contributed by atoms with Crippen molar-refractivity contribution in [3.63, 3.8) is 0 Å². The lowest BCUT2D eigenvalue weighted by Crippen LogP contribution is -2.52. The molecule has 5 heteroatoms. The van der Waals surface area contributed by atoms with E-state index < -0.39 is 5.60 Å². The zero-order chi connectivity index (χ0) is 15.3. The molecule has 0 aromatic carbocycles. The number of nitrogens with one attached hydrogen (secondary N) is 1. The molecular weight excluding hydrogens is 254 g/mol. The molecule has 0 aromatic heterocycles. The largest absolute Gasteiger partial charge is 0.444 e. The van der Waals surface area contributed by atoms with Crippen LogP contribution in [0, 0.1) is 11.8 Å².